The van der Waals surface area contributed by atoms with Gasteiger partial charge in [-0.3, -0.25) is 0 Å². The van der Waals surface area contributed by atoms with Crippen LogP contribution in [0.15, 0.2) is 22.6 Å². The van der Waals surface area contributed by atoms with Crippen LogP contribution in [0.4, 0.5) is 5.69 Å². The number of nitrogens with one attached hydrogen (secondary N) is 1. The first-order valence-corrected chi connectivity index (χ1v) is 5.43. The molecular weight excluding hydrogens is 242 g/mol. The molecule has 0 fully saturated rings. The molecule has 0 saturated carbocycles. The fraction of sp³-hybridized carbons (Fsp3) is 0.273. The van der Waals surface area contributed by atoms with Crippen molar-refractivity contribution in [2.75, 3.05) is 12.4 Å². The minimum atomic E-state index is 0.464. The number of hydrogen-bond donors (Lipinski definition) is 1. The highest BCUT2D eigenvalue weighted by Gasteiger charge is 2.04. The first-order valence-electron chi connectivity index (χ1n) is 5.05. The van der Waals surface area contributed by atoms with Crippen molar-refractivity contribution < 1.29 is 9.15 Å². The normalized spacial score (nSPS) is 10.3. The zero-order chi connectivity index (χ0) is 12.3. The van der Waals surface area contributed by atoms with Crippen molar-refractivity contribution in [2.24, 2.45) is 0 Å². The van der Waals surface area contributed by atoms with E-state index in [2.05, 4.69) is 15.5 Å². The number of aryl methyl sites for hydroxylation is 1. The Labute approximate surface area is 104 Å². The number of anilines is 1. The molecule has 0 spiro atoms. The lowest BCUT2D eigenvalue weighted by atomic mass is 10.3. The summed E-state index contributed by atoms with van der Waals surface area (Å²) in [6.07, 6.45) is 0. The lowest BCUT2D eigenvalue weighted by molar-refractivity contribution is 0.415. The molecule has 1 aromatic carbocycles. The van der Waals surface area contributed by atoms with Gasteiger partial charge in [0.15, 0.2) is 0 Å². The molecule has 1 heterocycles. The van der Waals surface area contributed by atoms with Gasteiger partial charge in [-0.05, 0) is 12.1 Å². The van der Waals surface area contributed by atoms with Crippen LogP contribution in [0, 0.1) is 6.92 Å². The average Bonchev–Trinajstić information content (AvgIpc) is 2.74. The van der Waals surface area contributed by atoms with Crippen LogP contribution in [-0.4, -0.2) is 17.3 Å². The summed E-state index contributed by atoms with van der Waals surface area (Å²) in [4.78, 5) is 0. The second kappa shape index (κ2) is 5.05. The molecule has 0 atom stereocenters. The summed E-state index contributed by atoms with van der Waals surface area (Å²) in [5.74, 6) is 1.71. The Bertz CT molecular complexity index is 513. The molecule has 0 aliphatic rings. The van der Waals surface area contributed by atoms with E-state index < -0.39 is 0 Å². The SMILES string of the molecule is COc1cc(NCc2nnc(C)o2)ccc1Cl. The minimum absolute atomic E-state index is 0.464. The Morgan fingerprint density at radius 3 is 2.88 bits per heavy atom. The highest BCUT2D eigenvalue weighted by atomic mass is 35.5. The van der Waals surface area contributed by atoms with Crippen LogP contribution in [0.2, 0.25) is 5.02 Å². The fourth-order valence-electron chi connectivity index (χ4n) is 1.36. The van der Waals surface area contributed by atoms with E-state index >= 15 is 0 Å². The van der Waals surface area contributed by atoms with Crippen molar-refractivity contribution in [1.82, 2.24) is 10.2 Å². The molecule has 0 bridgehead atoms. The number of benzene rings is 1. The molecule has 0 radical (unpaired) electrons. The Morgan fingerprint density at radius 2 is 2.24 bits per heavy atom. The fourth-order valence-corrected chi connectivity index (χ4v) is 1.55. The van der Waals surface area contributed by atoms with Gasteiger partial charge in [0.2, 0.25) is 11.8 Å². The maximum atomic E-state index is 5.92. The van der Waals surface area contributed by atoms with E-state index in [9.17, 15) is 0 Å². The molecule has 5 nitrogen and oxygen atoms in total. The van der Waals surface area contributed by atoms with Gasteiger partial charge in [0.25, 0.3) is 0 Å². The van der Waals surface area contributed by atoms with E-state index in [0.717, 1.165) is 5.69 Å². The van der Waals surface area contributed by atoms with Crippen molar-refractivity contribution in [3.8, 4) is 5.75 Å². The smallest absolute Gasteiger partial charge is 0.235 e. The third-order valence-electron chi connectivity index (χ3n) is 2.16. The summed E-state index contributed by atoms with van der Waals surface area (Å²) in [5.41, 5.74) is 0.877. The molecule has 2 aromatic rings. The van der Waals surface area contributed by atoms with Gasteiger partial charge < -0.3 is 14.5 Å². The van der Waals surface area contributed by atoms with Crippen LogP contribution >= 0.6 is 11.6 Å². The van der Waals surface area contributed by atoms with Crippen molar-refractivity contribution in [2.45, 2.75) is 13.5 Å². The van der Waals surface area contributed by atoms with Gasteiger partial charge in [0.1, 0.15) is 5.75 Å². The van der Waals surface area contributed by atoms with Gasteiger partial charge >= 0.3 is 0 Å². The van der Waals surface area contributed by atoms with Gasteiger partial charge in [0, 0.05) is 18.7 Å². The minimum Gasteiger partial charge on any atom is -0.495 e. The van der Waals surface area contributed by atoms with Gasteiger partial charge in [-0.2, -0.15) is 0 Å². The Balaban J connectivity index is 2.04. The lowest BCUT2D eigenvalue weighted by Crippen LogP contribution is -2.00. The van der Waals surface area contributed by atoms with Gasteiger partial charge in [-0.15, -0.1) is 10.2 Å². The number of halogens is 1. The Morgan fingerprint density at radius 1 is 1.41 bits per heavy atom. The van der Waals surface area contributed by atoms with Crippen LogP contribution in [-0.2, 0) is 6.54 Å². The van der Waals surface area contributed by atoms with E-state index in [1.165, 1.54) is 0 Å². The first-order chi connectivity index (χ1) is 8.19. The molecule has 6 heteroatoms. The summed E-state index contributed by atoms with van der Waals surface area (Å²) >= 11 is 5.92. The average molecular weight is 254 g/mol. The quantitative estimate of drug-likeness (QED) is 0.908. The Hall–Kier alpha value is -1.75. The number of methoxy groups -OCH3 is 1. The maximum absolute atomic E-state index is 5.92. The largest absolute Gasteiger partial charge is 0.495 e. The predicted molar refractivity (Wildman–Crippen MR) is 64.4 cm³/mol. The molecule has 90 valence electrons. The van der Waals surface area contributed by atoms with Crippen molar-refractivity contribution in [3.05, 3.63) is 35.0 Å². The highest BCUT2D eigenvalue weighted by molar-refractivity contribution is 6.32. The molecule has 0 amide bonds. The lowest BCUT2D eigenvalue weighted by Gasteiger charge is -2.07. The number of hydrogen-bond acceptors (Lipinski definition) is 5. The van der Waals surface area contributed by atoms with Crippen molar-refractivity contribution in [1.29, 1.82) is 0 Å². The molecule has 0 unspecified atom stereocenters. The standard InChI is InChI=1S/C11H12ClN3O2/c1-7-14-15-11(17-7)6-13-8-3-4-9(12)10(5-8)16-2/h3-5,13H,6H2,1-2H3. The number of nitrogens with zero attached hydrogens (tertiary/aromatic N) is 2. The zero-order valence-electron chi connectivity index (χ0n) is 9.53. The molecule has 0 aliphatic carbocycles. The maximum Gasteiger partial charge on any atom is 0.235 e. The second-order valence-corrected chi connectivity index (χ2v) is 3.82. The van der Waals surface area contributed by atoms with E-state index in [-0.39, 0.29) is 0 Å². The molecule has 0 aliphatic heterocycles. The van der Waals surface area contributed by atoms with Crippen LogP contribution < -0.4 is 10.1 Å². The second-order valence-electron chi connectivity index (χ2n) is 3.42. The van der Waals surface area contributed by atoms with Gasteiger partial charge in [-0.1, -0.05) is 11.6 Å². The molecule has 2 rings (SSSR count). The number of ether oxygens (including phenoxy) is 1. The van der Waals surface area contributed by atoms with Crippen molar-refractivity contribution >= 4 is 17.3 Å². The van der Waals surface area contributed by atoms with Gasteiger partial charge in [0.05, 0.1) is 18.7 Å². The summed E-state index contributed by atoms with van der Waals surface area (Å²) in [7, 11) is 1.58. The van der Waals surface area contributed by atoms with Crippen LogP contribution in [0.3, 0.4) is 0 Å². The van der Waals surface area contributed by atoms with Crippen LogP contribution in [0.5, 0.6) is 5.75 Å². The van der Waals surface area contributed by atoms with Crippen LogP contribution in [0.25, 0.3) is 0 Å². The molecule has 17 heavy (non-hydrogen) atoms. The third-order valence-corrected chi connectivity index (χ3v) is 2.47. The first kappa shape index (κ1) is 11.7. The van der Waals surface area contributed by atoms with E-state index in [4.69, 9.17) is 20.8 Å². The molecular formula is C11H12ClN3O2. The number of aromatic nitrogens is 2. The Kier molecular flexibility index (Phi) is 3.49. The van der Waals surface area contributed by atoms with Crippen LogP contribution in [0.1, 0.15) is 11.8 Å². The monoisotopic (exact) mass is 253 g/mol. The summed E-state index contributed by atoms with van der Waals surface area (Å²) in [6, 6.07) is 5.43. The predicted octanol–water partition coefficient (Wildman–Crippen LogP) is 2.65. The number of rotatable bonds is 4. The topological polar surface area (TPSA) is 60.2 Å². The third kappa shape index (κ3) is 2.88. The highest BCUT2D eigenvalue weighted by Crippen LogP contribution is 2.27. The summed E-state index contributed by atoms with van der Waals surface area (Å²) in [5, 5.41) is 11.3. The zero-order valence-corrected chi connectivity index (χ0v) is 10.3. The summed E-state index contributed by atoms with van der Waals surface area (Å²) in [6.45, 7) is 2.22. The van der Waals surface area contributed by atoms with E-state index in [0.29, 0.717) is 29.1 Å². The molecule has 1 N–H and O–H groups in total. The van der Waals surface area contributed by atoms with Crippen molar-refractivity contribution in [3.63, 3.8) is 0 Å². The summed E-state index contributed by atoms with van der Waals surface area (Å²) < 4.78 is 10.4. The molecule has 1 aromatic heterocycles. The molecule has 0 saturated heterocycles. The van der Waals surface area contributed by atoms with E-state index in [1.807, 2.05) is 12.1 Å². The van der Waals surface area contributed by atoms with Gasteiger partial charge in [-0.25, -0.2) is 0 Å². The van der Waals surface area contributed by atoms with E-state index in [1.54, 1.807) is 20.1 Å².